The van der Waals surface area contributed by atoms with Gasteiger partial charge in [-0.25, -0.2) is 4.79 Å². The molecule has 0 unspecified atom stereocenters. The summed E-state index contributed by atoms with van der Waals surface area (Å²) in [5.41, 5.74) is 3.50. The normalized spacial score (nSPS) is 11.0. The lowest BCUT2D eigenvalue weighted by Crippen LogP contribution is -2.15. The van der Waals surface area contributed by atoms with Gasteiger partial charge >= 0.3 is 5.97 Å². The second kappa shape index (κ2) is 10.1. The number of hydrogen-bond acceptors (Lipinski definition) is 5. The number of benzene rings is 2. The molecule has 0 spiro atoms. The fourth-order valence-corrected chi connectivity index (χ4v) is 4.01. The number of rotatable bonds is 6. The molecule has 1 aromatic heterocycles. The van der Waals surface area contributed by atoms with Crippen LogP contribution in [0, 0.1) is 11.3 Å². The molecule has 7 heteroatoms. The van der Waals surface area contributed by atoms with E-state index in [0.29, 0.717) is 21.2 Å². The van der Waals surface area contributed by atoms with Crippen molar-refractivity contribution in [2.45, 2.75) is 13.3 Å². The minimum absolute atomic E-state index is 0.0969. The van der Waals surface area contributed by atoms with Gasteiger partial charge in [0.1, 0.15) is 22.2 Å². The van der Waals surface area contributed by atoms with Crippen LogP contribution in [0.4, 0.5) is 5.00 Å². The van der Waals surface area contributed by atoms with E-state index >= 15 is 0 Å². The number of methoxy groups -OCH3 is 1. The van der Waals surface area contributed by atoms with Crippen molar-refractivity contribution < 1.29 is 14.3 Å². The Morgan fingerprint density at radius 1 is 1.16 bits per heavy atom. The number of carbonyl (C=O) groups is 2. The summed E-state index contributed by atoms with van der Waals surface area (Å²) >= 11 is 7.08. The molecule has 0 atom stereocenters. The van der Waals surface area contributed by atoms with Crippen LogP contribution >= 0.6 is 22.9 Å². The van der Waals surface area contributed by atoms with E-state index in [-0.39, 0.29) is 11.1 Å². The first-order valence-corrected chi connectivity index (χ1v) is 10.7. The van der Waals surface area contributed by atoms with E-state index in [1.807, 2.05) is 30.3 Å². The Balaban J connectivity index is 1.93. The van der Waals surface area contributed by atoms with Gasteiger partial charge in [0.2, 0.25) is 0 Å². The number of hydrogen-bond donors (Lipinski definition) is 1. The minimum Gasteiger partial charge on any atom is -0.465 e. The summed E-state index contributed by atoms with van der Waals surface area (Å²) in [5.74, 6) is -1.18. The zero-order chi connectivity index (χ0) is 22.4. The van der Waals surface area contributed by atoms with Gasteiger partial charge in [0, 0.05) is 16.0 Å². The summed E-state index contributed by atoms with van der Waals surface area (Å²) in [4.78, 5) is 25.2. The van der Waals surface area contributed by atoms with Crippen molar-refractivity contribution in [3.63, 3.8) is 0 Å². The van der Waals surface area contributed by atoms with E-state index in [2.05, 4.69) is 12.2 Å². The van der Waals surface area contributed by atoms with Crippen LogP contribution in [0.5, 0.6) is 0 Å². The molecule has 0 saturated carbocycles. The van der Waals surface area contributed by atoms with Gasteiger partial charge in [-0.1, -0.05) is 54.9 Å². The number of aryl methyl sites for hydroxylation is 1. The van der Waals surface area contributed by atoms with Crippen LogP contribution in [0.3, 0.4) is 0 Å². The number of esters is 1. The number of nitrogens with zero attached hydrogens (tertiary/aromatic N) is 1. The van der Waals surface area contributed by atoms with Crippen LogP contribution in [0.1, 0.15) is 28.4 Å². The summed E-state index contributed by atoms with van der Waals surface area (Å²) in [6, 6.07) is 16.5. The molecule has 2 aromatic carbocycles. The third-order valence-electron chi connectivity index (χ3n) is 4.63. The Labute approximate surface area is 189 Å². The molecule has 0 bridgehead atoms. The number of thiophene rings is 1. The highest BCUT2D eigenvalue weighted by atomic mass is 35.5. The van der Waals surface area contributed by atoms with E-state index in [1.54, 1.807) is 29.6 Å². The third-order valence-corrected chi connectivity index (χ3v) is 5.77. The maximum absolute atomic E-state index is 12.7. The topological polar surface area (TPSA) is 79.2 Å². The van der Waals surface area contributed by atoms with Gasteiger partial charge in [0.05, 0.1) is 7.11 Å². The predicted molar refractivity (Wildman–Crippen MR) is 124 cm³/mol. The number of anilines is 1. The highest BCUT2D eigenvalue weighted by molar-refractivity contribution is 7.15. The van der Waals surface area contributed by atoms with Gasteiger partial charge in [-0.3, -0.25) is 4.79 Å². The Hall–Kier alpha value is -3.40. The highest BCUT2D eigenvalue weighted by Gasteiger charge is 2.23. The molecule has 5 nitrogen and oxygen atoms in total. The van der Waals surface area contributed by atoms with Gasteiger partial charge in [0.15, 0.2) is 0 Å². The number of nitriles is 1. The van der Waals surface area contributed by atoms with Crippen molar-refractivity contribution in [2.24, 2.45) is 0 Å². The summed E-state index contributed by atoms with van der Waals surface area (Å²) < 4.78 is 4.94. The van der Waals surface area contributed by atoms with Crippen LogP contribution in [0.2, 0.25) is 5.02 Å². The molecule has 0 aliphatic heterocycles. The first-order chi connectivity index (χ1) is 15.0. The molecular weight excluding hydrogens is 432 g/mol. The smallest absolute Gasteiger partial charge is 0.341 e. The molecule has 0 radical (unpaired) electrons. The van der Waals surface area contributed by atoms with Crippen molar-refractivity contribution in [1.29, 1.82) is 5.26 Å². The first kappa shape index (κ1) is 22.3. The van der Waals surface area contributed by atoms with Crippen molar-refractivity contribution in [3.05, 3.63) is 81.2 Å². The van der Waals surface area contributed by atoms with Crippen LogP contribution in [-0.2, 0) is 16.0 Å². The van der Waals surface area contributed by atoms with E-state index in [1.165, 1.54) is 30.1 Å². The summed E-state index contributed by atoms with van der Waals surface area (Å²) in [7, 11) is 1.29. The monoisotopic (exact) mass is 450 g/mol. The van der Waals surface area contributed by atoms with Gasteiger partial charge in [0.25, 0.3) is 5.91 Å². The Morgan fingerprint density at radius 2 is 1.84 bits per heavy atom. The molecule has 0 aliphatic carbocycles. The largest absolute Gasteiger partial charge is 0.465 e. The number of amides is 1. The quantitative estimate of drug-likeness (QED) is 0.285. The molecule has 1 amide bonds. The second-order valence-corrected chi connectivity index (χ2v) is 7.89. The van der Waals surface area contributed by atoms with Crippen LogP contribution in [0.25, 0.3) is 17.2 Å². The maximum Gasteiger partial charge on any atom is 0.341 e. The van der Waals surface area contributed by atoms with Crippen LogP contribution in [0.15, 0.2) is 59.5 Å². The molecule has 3 aromatic rings. The van der Waals surface area contributed by atoms with E-state index in [9.17, 15) is 14.9 Å². The fraction of sp³-hybridized carbons (Fsp3) is 0.125. The molecule has 0 aliphatic rings. The molecule has 3 rings (SSSR count). The zero-order valence-corrected chi connectivity index (χ0v) is 18.5. The lowest BCUT2D eigenvalue weighted by atomic mass is 10.0. The number of halogens is 1. The van der Waals surface area contributed by atoms with Gasteiger partial charge in [-0.05, 0) is 41.3 Å². The molecule has 1 heterocycles. The second-order valence-electron chi connectivity index (χ2n) is 6.57. The summed E-state index contributed by atoms with van der Waals surface area (Å²) in [6.07, 6.45) is 2.37. The van der Waals surface area contributed by atoms with Crippen molar-refractivity contribution >= 4 is 45.9 Å². The number of nitrogens with one attached hydrogen (secondary N) is 1. The van der Waals surface area contributed by atoms with E-state index < -0.39 is 11.9 Å². The molecular formula is C24H19ClN2O3S. The third kappa shape index (κ3) is 5.21. The van der Waals surface area contributed by atoms with E-state index in [4.69, 9.17) is 16.3 Å². The molecule has 31 heavy (non-hydrogen) atoms. The SMILES string of the molecule is CCc1ccc(-c2csc(NC(=O)/C(C#N)=C/c3ccc(Cl)cc3)c2C(=O)OC)cc1. The van der Waals surface area contributed by atoms with Crippen LogP contribution in [-0.4, -0.2) is 19.0 Å². The number of ether oxygens (including phenoxy) is 1. The summed E-state index contributed by atoms with van der Waals surface area (Å²) in [6.45, 7) is 2.07. The first-order valence-electron chi connectivity index (χ1n) is 9.44. The molecule has 1 N–H and O–H groups in total. The Morgan fingerprint density at radius 3 is 2.42 bits per heavy atom. The lowest BCUT2D eigenvalue weighted by Gasteiger charge is -2.08. The molecule has 0 fully saturated rings. The van der Waals surface area contributed by atoms with Gasteiger partial charge < -0.3 is 10.1 Å². The Kier molecular flexibility index (Phi) is 7.24. The van der Waals surface area contributed by atoms with Crippen molar-refractivity contribution in [1.82, 2.24) is 0 Å². The van der Waals surface area contributed by atoms with Crippen LogP contribution < -0.4 is 5.32 Å². The fourth-order valence-electron chi connectivity index (χ4n) is 2.93. The number of carbonyl (C=O) groups excluding carboxylic acids is 2. The highest BCUT2D eigenvalue weighted by Crippen LogP contribution is 2.36. The van der Waals surface area contributed by atoms with E-state index in [0.717, 1.165) is 12.0 Å². The molecule has 0 saturated heterocycles. The average Bonchev–Trinajstić information content (AvgIpc) is 3.21. The zero-order valence-electron chi connectivity index (χ0n) is 16.9. The van der Waals surface area contributed by atoms with Crippen molar-refractivity contribution in [3.8, 4) is 17.2 Å². The average molecular weight is 451 g/mol. The minimum atomic E-state index is -0.614. The molecule has 156 valence electrons. The Bertz CT molecular complexity index is 1170. The van der Waals surface area contributed by atoms with Crippen molar-refractivity contribution in [2.75, 3.05) is 12.4 Å². The van der Waals surface area contributed by atoms with Gasteiger partial charge in [-0.15, -0.1) is 11.3 Å². The predicted octanol–water partition coefficient (Wildman–Crippen LogP) is 5.96. The van der Waals surface area contributed by atoms with Gasteiger partial charge in [-0.2, -0.15) is 5.26 Å². The maximum atomic E-state index is 12.7. The summed E-state index contributed by atoms with van der Waals surface area (Å²) in [5, 5.41) is 14.8. The standard InChI is InChI=1S/C24H19ClN2O3S/c1-3-15-4-8-17(9-5-15)20-14-31-23(21(20)24(29)30-2)27-22(28)18(13-26)12-16-6-10-19(25)11-7-16/h4-12,14H,3H2,1-2H3,(H,27,28)/b18-12+. The lowest BCUT2D eigenvalue weighted by molar-refractivity contribution is -0.112.